The minimum Gasteiger partial charge on any atom is -0.453 e. The van der Waals surface area contributed by atoms with Gasteiger partial charge in [-0.1, -0.05) is 0 Å². The summed E-state index contributed by atoms with van der Waals surface area (Å²) in [6.45, 7) is 2.23. The predicted molar refractivity (Wildman–Crippen MR) is 50.8 cm³/mol. The molecule has 5 heteroatoms. The summed E-state index contributed by atoms with van der Waals surface area (Å²) >= 11 is 0. The standard InChI is InChI=1S/C11H14O5/c12-9-7-1-3-15-11(7)6-14-8-5-13-4-2-10(8,11)16-9/h7-8H,1-6H2. The Morgan fingerprint density at radius 1 is 1.25 bits per heavy atom. The molecule has 4 atom stereocenters. The average Bonchev–Trinajstić information content (AvgIpc) is 2.88. The van der Waals surface area contributed by atoms with Crippen LogP contribution >= 0.6 is 0 Å². The van der Waals surface area contributed by atoms with E-state index < -0.39 is 11.2 Å². The van der Waals surface area contributed by atoms with E-state index in [0.29, 0.717) is 32.8 Å². The molecule has 4 unspecified atom stereocenters. The molecule has 4 fully saturated rings. The summed E-state index contributed by atoms with van der Waals surface area (Å²) in [6.07, 6.45) is 1.31. The number of ether oxygens (including phenoxy) is 4. The van der Waals surface area contributed by atoms with Crippen LogP contribution in [0.3, 0.4) is 0 Å². The van der Waals surface area contributed by atoms with Crippen LogP contribution in [-0.2, 0) is 23.7 Å². The molecular formula is C11H14O5. The van der Waals surface area contributed by atoms with Crippen LogP contribution in [0.5, 0.6) is 0 Å². The van der Waals surface area contributed by atoms with Crippen molar-refractivity contribution in [3.63, 3.8) is 0 Å². The van der Waals surface area contributed by atoms with E-state index in [1.807, 2.05) is 0 Å². The van der Waals surface area contributed by atoms with E-state index >= 15 is 0 Å². The zero-order valence-electron chi connectivity index (χ0n) is 8.94. The summed E-state index contributed by atoms with van der Waals surface area (Å²) in [5, 5.41) is 0. The van der Waals surface area contributed by atoms with E-state index in [-0.39, 0.29) is 18.0 Å². The van der Waals surface area contributed by atoms with Crippen LogP contribution < -0.4 is 0 Å². The van der Waals surface area contributed by atoms with Gasteiger partial charge in [-0.3, -0.25) is 4.79 Å². The maximum absolute atomic E-state index is 11.9. The Labute approximate surface area is 93.0 Å². The molecule has 16 heavy (non-hydrogen) atoms. The van der Waals surface area contributed by atoms with E-state index in [2.05, 4.69) is 0 Å². The molecule has 0 amide bonds. The van der Waals surface area contributed by atoms with Crippen molar-refractivity contribution in [3.05, 3.63) is 0 Å². The molecule has 0 saturated carbocycles. The molecular weight excluding hydrogens is 212 g/mol. The minimum atomic E-state index is -0.566. The van der Waals surface area contributed by atoms with Crippen molar-refractivity contribution in [2.75, 3.05) is 26.4 Å². The molecule has 0 aromatic carbocycles. The van der Waals surface area contributed by atoms with E-state index in [0.717, 1.165) is 6.42 Å². The molecule has 0 aromatic rings. The lowest BCUT2D eigenvalue weighted by molar-refractivity contribution is -0.186. The smallest absolute Gasteiger partial charge is 0.312 e. The Morgan fingerprint density at radius 2 is 2.19 bits per heavy atom. The third kappa shape index (κ3) is 0.803. The first-order chi connectivity index (χ1) is 7.79. The molecule has 88 valence electrons. The van der Waals surface area contributed by atoms with Crippen LogP contribution in [0.1, 0.15) is 12.8 Å². The first kappa shape index (κ1) is 9.39. The number of rotatable bonds is 0. The largest absolute Gasteiger partial charge is 0.453 e. The lowest BCUT2D eigenvalue weighted by Crippen LogP contribution is -2.59. The summed E-state index contributed by atoms with van der Waals surface area (Å²) in [4.78, 5) is 11.9. The Hall–Kier alpha value is -0.650. The second-order valence-corrected chi connectivity index (χ2v) is 5.01. The summed E-state index contributed by atoms with van der Waals surface area (Å²) in [6, 6.07) is 0. The Bertz CT molecular complexity index is 356. The van der Waals surface area contributed by atoms with Gasteiger partial charge in [0.2, 0.25) is 0 Å². The van der Waals surface area contributed by atoms with Crippen LogP contribution in [0.25, 0.3) is 0 Å². The van der Waals surface area contributed by atoms with Gasteiger partial charge in [0, 0.05) is 13.0 Å². The van der Waals surface area contributed by atoms with Gasteiger partial charge in [0.05, 0.1) is 25.7 Å². The molecule has 0 aromatic heterocycles. The van der Waals surface area contributed by atoms with Gasteiger partial charge < -0.3 is 18.9 Å². The summed E-state index contributed by atoms with van der Waals surface area (Å²) in [5.41, 5.74) is -1.08. The second-order valence-electron chi connectivity index (χ2n) is 5.01. The topological polar surface area (TPSA) is 54.0 Å². The van der Waals surface area contributed by atoms with Gasteiger partial charge in [0.25, 0.3) is 0 Å². The minimum absolute atomic E-state index is 0.104. The maximum Gasteiger partial charge on any atom is 0.312 e. The SMILES string of the molecule is O=C1OC23CCOCC2OCC32OCCC12. The van der Waals surface area contributed by atoms with E-state index in [9.17, 15) is 4.79 Å². The third-order valence-electron chi connectivity index (χ3n) is 4.52. The van der Waals surface area contributed by atoms with E-state index in [1.165, 1.54) is 0 Å². The van der Waals surface area contributed by atoms with Crippen molar-refractivity contribution >= 4 is 5.97 Å². The molecule has 4 rings (SSSR count). The molecule has 5 nitrogen and oxygen atoms in total. The van der Waals surface area contributed by atoms with E-state index in [4.69, 9.17) is 18.9 Å². The summed E-state index contributed by atoms with van der Waals surface area (Å²) in [5.74, 6) is -0.233. The fourth-order valence-electron chi connectivity index (χ4n) is 3.74. The van der Waals surface area contributed by atoms with Crippen LogP contribution in [0.4, 0.5) is 0 Å². The molecule has 4 aliphatic heterocycles. The van der Waals surface area contributed by atoms with Crippen molar-refractivity contribution in [3.8, 4) is 0 Å². The van der Waals surface area contributed by atoms with Crippen LogP contribution in [0, 0.1) is 5.92 Å². The zero-order chi connectivity index (χ0) is 10.8. The van der Waals surface area contributed by atoms with Gasteiger partial charge in [-0.25, -0.2) is 0 Å². The fourth-order valence-corrected chi connectivity index (χ4v) is 3.74. The Morgan fingerprint density at radius 3 is 3.12 bits per heavy atom. The summed E-state index contributed by atoms with van der Waals surface area (Å²) < 4.78 is 22.7. The molecule has 4 heterocycles. The van der Waals surface area contributed by atoms with E-state index in [1.54, 1.807) is 0 Å². The zero-order valence-corrected chi connectivity index (χ0v) is 8.94. The van der Waals surface area contributed by atoms with Crippen molar-refractivity contribution in [2.45, 2.75) is 30.1 Å². The maximum atomic E-state index is 11.9. The van der Waals surface area contributed by atoms with Gasteiger partial charge >= 0.3 is 5.97 Å². The number of carbonyl (C=O) groups excluding carboxylic acids is 1. The Kier molecular flexibility index (Phi) is 1.63. The van der Waals surface area contributed by atoms with Gasteiger partial charge in [0.15, 0.2) is 5.60 Å². The number of carbonyl (C=O) groups is 1. The van der Waals surface area contributed by atoms with Crippen molar-refractivity contribution in [1.82, 2.24) is 0 Å². The quantitative estimate of drug-likeness (QED) is 0.539. The third-order valence-corrected chi connectivity index (χ3v) is 4.52. The lowest BCUT2D eigenvalue weighted by Gasteiger charge is -2.40. The highest BCUT2D eigenvalue weighted by molar-refractivity contribution is 5.79. The molecule has 0 N–H and O–H groups in total. The first-order valence-electron chi connectivity index (χ1n) is 5.85. The highest BCUT2D eigenvalue weighted by atomic mass is 16.7. The lowest BCUT2D eigenvalue weighted by atomic mass is 9.74. The van der Waals surface area contributed by atoms with Crippen LogP contribution in [-0.4, -0.2) is 49.7 Å². The molecule has 4 aliphatic rings. The molecule has 0 aliphatic carbocycles. The van der Waals surface area contributed by atoms with Crippen molar-refractivity contribution in [2.24, 2.45) is 5.92 Å². The normalized spacial score (nSPS) is 54.4. The van der Waals surface area contributed by atoms with Crippen molar-refractivity contribution in [1.29, 1.82) is 0 Å². The number of hydrogen-bond acceptors (Lipinski definition) is 5. The summed E-state index contributed by atoms with van der Waals surface area (Å²) in [7, 11) is 0. The predicted octanol–water partition coefficient (Wildman–Crippen LogP) is -0.124. The highest BCUT2D eigenvalue weighted by Crippen LogP contribution is 2.57. The van der Waals surface area contributed by atoms with Gasteiger partial charge in [-0.15, -0.1) is 0 Å². The van der Waals surface area contributed by atoms with Gasteiger partial charge in [-0.05, 0) is 6.42 Å². The molecule has 2 spiro atoms. The van der Waals surface area contributed by atoms with Crippen molar-refractivity contribution < 1.29 is 23.7 Å². The molecule has 0 bridgehead atoms. The van der Waals surface area contributed by atoms with Gasteiger partial charge in [0.1, 0.15) is 11.7 Å². The van der Waals surface area contributed by atoms with Gasteiger partial charge in [-0.2, -0.15) is 0 Å². The molecule has 4 saturated heterocycles. The number of hydrogen-bond donors (Lipinski definition) is 0. The average molecular weight is 226 g/mol. The second kappa shape index (κ2) is 2.78. The highest BCUT2D eigenvalue weighted by Gasteiger charge is 2.76. The fraction of sp³-hybridized carbons (Fsp3) is 0.909. The number of esters is 1. The molecule has 0 radical (unpaired) electrons. The van der Waals surface area contributed by atoms with Crippen LogP contribution in [0.2, 0.25) is 0 Å². The monoisotopic (exact) mass is 226 g/mol. The first-order valence-corrected chi connectivity index (χ1v) is 5.85. The Balaban J connectivity index is 1.84. The van der Waals surface area contributed by atoms with Crippen LogP contribution in [0.15, 0.2) is 0 Å².